The smallest absolute Gasteiger partial charge is 0.255 e. The van der Waals surface area contributed by atoms with Gasteiger partial charge in [0.2, 0.25) is 11.8 Å². The lowest BCUT2D eigenvalue weighted by molar-refractivity contribution is -0.136. The van der Waals surface area contributed by atoms with Crippen molar-refractivity contribution in [2.75, 3.05) is 13.1 Å². The first-order chi connectivity index (χ1) is 17.3. The molecule has 2 fully saturated rings. The molecule has 5 rings (SSSR count). The second-order valence-electron chi connectivity index (χ2n) is 9.81. The summed E-state index contributed by atoms with van der Waals surface area (Å²) in [5, 5.41) is 2.31. The van der Waals surface area contributed by atoms with E-state index in [0.717, 1.165) is 13.1 Å². The Balaban J connectivity index is 1.29. The highest BCUT2D eigenvalue weighted by Gasteiger charge is 2.40. The minimum Gasteiger partial charge on any atom is -0.488 e. The summed E-state index contributed by atoms with van der Waals surface area (Å²) in [6, 6.07) is 9.78. The van der Waals surface area contributed by atoms with Gasteiger partial charge in [-0.1, -0.05) is 24.3 Å². The van der Waals surface area contributed by atoms with Crippen molar-refractivity contribution < 1.29 is 28.2 Å². The zero-order valence-electron chi connectivity index (χ0n) is 20.5. The summed E-state index contributed by atoms with van der Waals surface area (Å²) in [5.74, 6) is -0.870. The van der Waals surface area contributed by atoms with Crippen molar-refractivity contribution in [2.45, 2.75) is 64.6 Å². The molecule has 0 saturated carbocycles. The number of halogens is 1. The number of carbonyl (C=O) groups excluding carboxylic acids is 3. The molecule has 0 bridgehead atoms. The number of nitrogens with one attached hydrogen (secondary N) is 1. The van der Waals surface area contributed by atoms with E-state index in [1.807, 2.05) is 19.9 Å². The van der Waals surface area contributed by atoms with Gasteiger partial charge in [0.15, 0.2) is 0 Å². The van der Waals surface area contributed by atoms with E-state index in [1.54, 1.807) is 30.3 Å². The van der Waals surface area contributed by atoms with Crippen LogP contribution in [-0.2, 0) is 34.0 Å². The van der Waals surface area contributed by atoms with E-state index in [2.05, 4.69) is 10.2 Å². The number of nitrogens with zero attached hydrogens (tertiary/aromatic N) is 2. The minimum atomic E-state index is -0.699. The molecule has 0 aliphatic carbocycles. The standard InChI is InChI=1S/C27H30FN3O5/c1-16-11-30(12-17(2)36-16)13-18-5-3-6-19(25(18)28)15-35-23-8-4-7-20-21(23)14-31(27(20)34)22-9-10-24(32)29-26(22)33/h3-8,16-17,22H,9-15H2,1-2H3,(H,29,32,33)/t16?,17?,22-/m0/s1. The Morgan fingerprint density at radius 2 is 1.78 bits per heavy atom. The lowest BCUT2D eigenvalue weighted by atomic mass is 10.0. The summed E-state index contributed by atoms with van der Waals surface area (Å²) in [4.78, 5) is 40.5. The quantitative estimate of drug-likeness (QED) is 0.620. The molecule has 190 valence electrons. The lowest BCUT2D eigenvalue weighted by Crippen LogP contribution is -2.52. The monoisotopic (exact) mass is 495 g/mol. The van der Waals surface area contributed by atoms with Crippen LogP contribution in [0.4, 0.5) is 4.39 Å². The van der Waals surface area contributed by atoms with Crippen LogP contribution < -0.4 is 10.1 Å². The number of fused-ring (bicyclic) bond motifs is 1. The van der Waals surface area contributed by atoms with Crippen LogP contribution in [0, 0.1) is 5.82 Å². The average molecular weight is 496 g/mol. The third kappa shape index (κ3) is 4.85. The second kappa shape index (κ2) is 9.99. The molecule has 2 saturated heterocycles. The first-order valence-corrected chi connectivity index (χ1v) is 12.3. The third-order valence-electron chi connectivity index (χ3n) is 6.97. The molecule has 36 heavy (non-hydrogen) atoms. The number of benzene rings is 2. The molecule has 0 aromatic heterocycles. The molecule has 2 aromatic rings. The van der Waals surface area contributed by atoms with Crippen LogP contribution in [0.3, 0.4) is 0 Å². The Labute approximate surface area is 209 Å². The summed E-state index contributed by atoms with van der Waals surface area (Å²) in [5.41, 5.74) is 2.17. The minimum absolute atomic E-state index is 0.0125. The Hall–Kier alpha value is -3.30. The SMILES string of the molecule is CC1CN(Cc2cccc(COc3cccc4c3CN([C@H]3CCC(=O)NC3=O)C4=O)c2F)CC(C)O1. The van der Waals surface area contributed by atoms with Crippen LogP contribution in [0.15, 0.2) is 36.4 Å². The van der Waals surface area contributed by atoms with E-state index >= 15 is 4.39 Å². The van der Waals surface area contributed by atoms with Crippen molar-refractivity contribution in [1.82, 2.24) is 15.1 Å². The highest BCUT2D eigenvalue weighted by Crippen LogP contribution is 2.34. The molecule has 3 aliphatic rings. The van der Waals surface area contributed by atoms with Crippen molar-refractivity contribution >= 4 is 17.7 Å². The van der Waals surface area contributed by atoms with Crippen LogP contribution in [0.25, 0.3) is 0 Å². The molecule has 0 spiro atoms. The van der Waals surface area contributed by atoms with Gasteiger partial charge in [0, 0.05) is 48.3 Å². The number of amides is 3. The zero-order chi connectivity index (χ0) is 25.4. The van der Waals surface area contributed by atoms with E-state index < -0.39 is 11.9 Å². The molecule has 3 amide bonds. The number of carbonyl (C=O) groups is 3. The highest BCUT2D eigenvalue weighted by molar-refractivity contribution is 6.05. The van der Waals surface area contributed by atoms with E-state index in [1.165, 1.54) is 4.90 Å². The van der Waals surface area contributed by atoms with Gasteiger partial charge in [-0.2, -0.15) is 0 Å². The fraction of sp³-hybridized carbons (Fsp3) is 0.444. The van der Waals surface area contributed by atoms with E-state index in [0.29, 0.717) is 41.0 Å². The molecule has 3 heterocycles. The topological polar surface area (TPSA) is 88.2 Å². The van der Waals surface area contributed by atoms with Gasteiger partial charge in [0.25, 0.3) is 5.91 Å². The van der Waals surface area contributed by atoms with Gasteiger partial charge in [-0.3, -0.25) is 24.6 Å². The number of rotatable bonds is 6. The number of hydrogen-bond donors (Lipinski definition) is 1. The molecule has 0 radical (unpaired) electrons. The van der Waals surface area contributed by atoms with Crippen molar-refractivity contribution in [3.63, 3.8) is 0 Å². The van der Waals surface area contributed by atoms with E-state index in [4.69, 9.17) is 9.47 Å². The summed E-state index contributed by atoms with van der Waals surface area (Å²) >= 11 is 0. The van der Waals surface area contributed by atoms with Crippen LogP contribution in [0.1, 0.15) is 53.7 Å². The average Bonchev–Trinajstić information content (AvgIpc) is 3.16. The van der Waals surface area contributed by atoms with Crippen LogP contribution in [-0.4, -0.2) is 58.9 Å². The van der Waals surface area contributed by atoms with Gasteiger partial charge in [-0.25, -0.2) is 4.39 Å². The molecule has 2 aromatic carbocycles. The fourth-order valence-electron chi connectivity index (χ4n) is 5.37. The number of morpholine rings is 1. The van der Waals surface area contributed by atoms with Gasteiger partial charge in [-0.05, 0) is 32.4 Å². The Kier molecular flexibility index (Phi) is 6.77. The summed E-state index contributed by atoms with van der Waals surface area (Å²) in [6.07, 6.45) is 0.689. The van der Waals surface area contributed by atoms with Crippen molar-refractivity contribution in [3.05, 3.63) is 64.5 Å². The summed E-state index contributed by atoms with van der Waals surface area (Å²) in [7, 11) is 0. The first kappa shape index (κ1) is 24.4. The zero-order valence-corrected chi connectivity index (χ0v) is 20.5. The molecule has 2 unspecified atom stereocenters. The first-order valence-electron chi connectivity index (χ1n) is 12.3. The van der Waals surface area contributed by atoms with Gasteiger partial charge < -0.3 is 14.4 Å². The molecular weight excluding hydrogens is 465 g/mol. The molecule has 1 N–H and O–H groups in total. The normalized spacial score (nSPS) is 24.6. The van der Waals surface area contributed by atoms with Crippen molar-refractivity contribution in [2.24, 2.45) is 0 Å². The van der Waals surface area contributed by atoms with Crippen LogP contribution in [0.2, 0.25) is 0 Å². The van der Waals surface area contributed by atoms with Gasteiger partial charge in [-0.15, -0.1) is 0 Å². The Morgan fingerprint density at radius 3 is 2.53 bits per heavy atom. The lowest BCUT2D eigenvalue weighted by Gasteiger charge is -2.35. The van der Waals surface area contributed by atoms with Crippen molar-refractivity contribution in [3.8, 4) is 5.75 Å². The number of hydrogen-bond acceptors (Lipinski definition) is 6. The maximum atomic E-state index is 15.4. The number of piperidine rings is 1. The predicted octanol–water partition coefficient (Wildman–Crippen LogP) is 2.77. The summed E-state index contributed by atoms with van der Waals surface area (Å²) in [6.45, 7) is 6.25. The number of imide groups is 1. The fourth-order valence-corrected chi connectivity index (χ4v) is 5.37. The largest absolute Gasteiger partial charge is 0.488 e. The Morgan fingerprint density at radius 1 is 1.06 bits per heavy atom. The molecule has 3 aliphatic heterocycles. The third-order valence-corrected chi connectivity index (χ3v) is 6.97. The highest BCUT2D eigenvalue weighted by atomic mass is 19.1. The maximum Gasteiger partial charge on any atom is 0.255 e. The molecule has 9 heteroatoms. The predicted molar refractivity (Wildman–Crippen MR) is 129 cm³/mol. The molecular formula is C27H30FN3O5. The van der Waals surface area contributed by atoms with E-state index in [9.17, 15) is 14.4 Å². The van der Waals surface area contributed by atoms with Gasteiger partial charge >= 0.3 is 0 Å². The van der Waals surface area contributed by atoms with E-state index in [-0.39, 0.29) is 49.4 Å². The summed E-state index contributed by atoms with van der Waals surface area (Å²) < 4.78 is 27.2. The number of ether oxygens (including phenoxy) is 2. The molecule has 3 atom stereocenters. The van der Waals surface area contributed by atoms with Crippen LogP contribution in [0.5, 0.6) is 5.75 Å². The van der Waals surface area contributed by atoms with Crippen molar-refractivity contribution in [1.29, 1.82) is 0 Å². The van der Waals surface area contributed by atoms with Crippen LogP contribution >= 0.6 is 0 Å². The molecule has 8 nitrogen and oxygen atoms in total. The second-order valence-corrected chi connectivity index (χ2v) is 9.81. The van der Waals surface area contributed by atoms with Gasteiger partial charge in [0.05, 0.1) is 18.8 Å². The Bertz CT molecular complexity index is 1190. The van der Waals surface area contributed by atoms with Gasteiger partial charge in [0.1, 0.15) is 24.2 Å². The maximum absolute atomic E-state index is 15.4.